The molecule has 0 saturated heterocycles. The van der Waals surface area contributed by atoms with E-state index in [0.29, 0.717) is 0 Å². The van der Waals surface area contributed by atoms with Gasteiger partial charge in [0.1, 0.15) is 5.82 Å². The predicted molar refractivity (Wildman–Crippen MR) is 72.0 cm³/mol. The highest BCUT2D eigenvalue weighted by atomic mass is 19.1. The molecule has 5 nitrogen and oxygen atoms in total. The Bertz CT molecular complexity index is 497. The standard InChI is InChI=1S/C14H20FNO4/c1-14(2,3)13(19)20-12-5-8(11(18)7-16-4)9(15)6-10(12)17/h5-6,11,16-18H,7H2,1-4H3. The molecule has 1 aromatic rings. The average Bonchev–Trinajstić information content (AvgIpc) is 2.31. The van der Waals surface area contributed by atoms with Crippen molar-refractivity contribution >= 4 is 5.97 Å². The van der Waals surface area contributed by atoms with Gasteiger partial charge in [0, 0.05) is 18.2 Å². The van der Waals surface area contributed by atoms with E-state index in [-0.39, 0.29) is 17.9 Å². The number of carbonyl (C=O) groups is 1. The molecule has 0 saturated carbocycles. The number of esters is 1. The number of aromatic hydroxyl groups is 1. The predicted octanol–water partition coefficient (Wildman–Crippen LogP) is 1.74. The van der Waals surface area contributed by atoms with Crippen molar-refractivity contribution in [2.75, 3.05) is 13.6 Å². The molecule has 0 aliphatic heterocycles. The average molecular weight is 285 g/mol. The second-order valence-electron chi connectivity index (χ2n) is 5.55. The summed E-state index contributed by atoms with van der Waals surface area (Å²) in [5.74, 6) is -1.98. The number of aliphatic hydroxyl groups excluding tert-OH is 1. The molecule has 1 aromatic carbocycles. The van der Waals surface area contributed by atoms with Crippen LogP contribution in [0.15, 0.2) is 12.1 Å². The first kappa shape index (κ1) is 16.4. The van der Waals surface area contributed by atoms with Crippen LogP contribution >= 0.6 is 0 Å². The molecule has 0 bridgehead atoms. The molecular weight excluding hydrogens is 265 g/mol. The van der Waals surface area contributed by atoms with Crippen LogP contribution in [0.2, 0.25) is 0 Å². The van der Waals surface area contributed by atoms with Crippen LogP contribution in [-0.4, -0.2) is 29.8 Å². The fourth-order valence-electron chi connectivity index (χ4n) is 1.45. The van der Waals surface area contributed by atoms with Crippen LogP contribution in [0.1, 0.15) is 32.4 Å². The van der Waals surface area contributed by atoms with Crippen molar-refractivity contribution in [2.45, 2.75) is 26.9 Å². The Labute approximate surface area is 117 Å². The number of hydrogen-bond acceptors (Lipinski definition) is 5. The Hall–Kier alpha value is -1.66. The Morgan fingerprint density at radius 1 is 1.45 bits per heavy atom. The van der Waals surface area contributed by atoms with Crippen LogP contribution in [0.5, 0.6) is 11.5 Å². The third kappa shape index (κ3) is 3.91. The largest absolute Gasteiger partial charge is 0.504 e. The Morgan fingerprint density at radius 2 is 2.05 bits per heavy atom. The van der Waals surface area contributed by atoms with Crippen molar-refractivity contribution in [2.24, 2.45) is 5.41 Å². The normalized spacial score (nSPS) is 13.1. The highest BCUT2D eigenvalue weighted by molar-refractivity contribution is 5.78. The number of benzene rings is 1. The quantitative estimate of drug-likeness (QED) is 0.580. The lowest BCUT2D eigenvalue weighted by Crippen LogP contribution is -2.25. The zero-order valence-corrected chi connectivity index (χ0v) is 12.0. The monoisotopic (exact) mass is 285 g/mol. The number of hydrogen-bond donors (Lipinski definition) is 3. The van der Waals surface area contributed by atoms with Crippen LogP contribution in [-0.2, 0) is 4.79 Å². The number of phenols is 1. The van der Waals surface area contributed by atoms with Gasteiger partial charge in [-0.15, -0.1) is 0 Å². The summed E-state index contributed by atoms with van der Waals surface area (Å²) in [6.45, 7) is 5.11. The maximum atomic E-state index is 13.7. The summed E-state index contributed by atoms with van der Waals surface area (Å²) >= 11 is 0. The van der Waals surface area contributed by atoms with Gasteiger partial charge in [-0.3, -0.25) is 4.79 Å². The van der Waals surface area contributed by atoms with Crippen LogP contribution < -0.4 is 10.1 Å². The van der Waals surface area contributed by atoms with Crippen molar-refractivity contribution in [3.05, 3.63) is 23.5 Å². The molecule has 0 aliphatic rings. The summed E-state index contributed by atoms with van der Waals surface area (Å²) in [6.07, 6.45) is -1.10. The molecule has 112 valence electrons. The van der Waals surface area contributed by atoms with Gasteiger partial charge in [0.05, 0.1) is 11.5 Å². The minimum Gasteiger partial charge on any atom is -0.504 e. The van der Waals surface area contributed by atoms with Crippen molar-refractivity contribution in [3.8, 4) is 11.5 Å². The number of nitrogens with one attached hydrogen (secondary N) is 1. The second kappa shape index (κ2) is 6.19. The number of halogens is 1. The highest BCUT2D eigenvalue weighted by Crippen LogP contribution is 2.33. The molecule has 0 heterocycles. The summed E-state index contributed by atoms with van der Waals surface area (Å²) in [7, 11) is 1.61. The zero-order chi connectivity index (χ0) is 15.5. The van der Waals surface area contributed by atoms with Gasteiger partial charge in [-0.05, 0) is 33.9 Å². The van der Waals surface area contributed by atoms with Crippen molar-refractivity contribution in [3.63, 3.8) is 0 Å². The van der Waals surface area contributed by atoms with Gasteiger partial charge in [0.25, 0.3) is 0 Å². The fourth-order valence-corrected chi connectivity index (χ4v) is 1.45. The SMILES string of the molecule is CNCC(O)c1cc(OC(=O)C(C)(C)C)c(O)cc1F. The molecule has 20 heavy (non-hydrogen) atoms. The zero-order valence-electron chi connectivity index (χ0n) is 12.0. The van der Waals surface area contributed by atoms with E-state index in [9.17, 15) is 19.4 Å². The molecule has 0 aromatic heterocycles. The van der Waals surface area contributed by atoms with E-state index in [1.54, 1.807) is 27.8 Å². The minimum absolute atomic E-state index is 0.0474. The Balaban J connectivity index is 3.09. The van der Waals surface area contributed by atoms with Gasteiger partial charge in [-0.2, -0.15) is 0 Å². The Morgan fingerprint density at radius 3 is 2.55 bits per heavy atom. The molecule has 3 N–H and O–H groups in total. The molecule has 1 unspecified atom stereocenters. The molecule has 0 aliphatic carbocycles. The lowest BCUT2D eigenvalue weighted by atomic mass is 9.97. The summed E-state index contributed by atoms with van der Waals surface area (Å²) < 4.78 is 18.7. The summed E-state index contributed by atoms with van der Waals surface area (Å²) in [5, 5.41) is 22.1. The van der Waals surface area contributed by atoms with Gasteiger partial charge >= 0.3 is 5.97 Å². The first-order valence-corrected chi connectivity index (χ1v) is 6.24. The van der Waals surface area contributed by atoms with E-state index >= 15 is 0 Å². The van der Waals surface area contributed by atoms with Crippen LogP contribution in [0, 0.1) is 11.2 Å². The Kier molecular flexibility index (Phi) is 5.08. The third-order valence-corrected chi connectivity index (χ3v) is 2.65. The number of ether oxygens (including phenoxy) is 1. The molecule has 1 rings (SSSR count). The second-order valence-corrected chi connectivity index (χ2v) is 5.55. The first-order chi connectivity index (χ1) is 9.16. The van der Waals surface area contributed by atoms with E-state index < -0.39 is 29.1 Å². The minimum atomic E-state index is -1.10. The van der Waals surface area contributed by atoms with E-state index in [1.165, 1.54) is 0 Å². The van der Waals surface area contributed by atoms with E-state index in [4.69, 9.17) is 4.74 Å². The molecule has 6 heteroatoms. The van der Waals surface area contributed by atoms with Gasteiger partial charge in [0.15, 0.2) is 11.5 Å². The molecule has 0 amide bonds. The van der Waals surface area contributed by atoms with Crippen LogP contribution in [0.25, 0.3) is 0 Å². The molecule has 0 fully saturated rings. The third-order valence-electron chi connectivity index (χ3n) is 2.65. The van der Waals surface area contributed by atoms with Gasteiger partial charge in [-0.1, -0.05) is 0 Å². The van der Waals surface area contributed by atoms with E-state index in [0.717, 1.165) is 12.1 Å². The maximum Gasteiger partial charge on any atom is 0.316 e. The van der Waals surface area contributed by atoms with Gasteiger partial charge in [0.2, 0.25) is 0 Å². The molecule has 0 spiro atoms. The van der Waals surface area contributed by atoms with Gasteiger partial charge < -0.3 is 20.3 Å². The molecular formula is C14H20FNO4. The van der Waals surface area contributed by atoms with Crippen LogP contribution in [0.4, 0.5) is 4.39 Å². The summed E-state index contributed by atoms with van der Waals surface area (Å²) in [5.41, 5.74) is -0.807. The van der Waals surface area contributed by atoms with Crippen molar-refractivity contribution in [1.29, 1.82) is 0 Å². The number of carbonyl (C=O) groups excluding carboxylic acids is 1. The number of phenolic OH excluding ortho intramolecular Hbond substituents is 1. The van der Waals surface area contributed by atoms with Crippen LogP contribution in [0.3, 0.4) is 0 Å². The van der Waals surface area contributed by atoms with Gasteiger partial charge in [-0.25, -0.2) is 4.39 Å². The van der Waals surface area contributed by atoms with E-state index in [2.05, 4.69) is 5.32 Å². The highest BCUT2D eigenvalue weighted by Gasteiger charge is 2.26. The van der Waals surface area contributed by atoms with E-state index in [1.807, 2.05) is 0 Å². The summed E-state index contributed by atoms with van der Waals surface area (Å²) in [6, 6.07) is 1.95. The topological polar surface area (TPSA) is 78.8 Å². The number of rotatable bonds is 4. The fraction of sp³-hybridized carbons (Fsp3) is 0.500. The first-order valence-electron chi connectivity index (χ1n) is 6.24. The van der Waals surface area contributed by atoms with Crippen molar-refractivity contribution in [1.82, 2.24) is 5.32 Å². The lowest BCUT2D eigenvalue weighted by Gasteiger charge is -2.18. The maximum absolute atomic E-state index is 13.7. The lowest BCUT2D eigenvalue weighted by molar-refractivity contribution is -0.143. The molecule has 1 atom stereocenters. The van der Waals surface area contributed by atoms with Crippen molar-refractivity contribution < 1.29 is 24.1 Å². The number of aliphatic hydroxyl groups is 1. The summed E-state index contributed by atoms with van der Waals surface area (Å²) in [4.78, 5) is 11.8. The molecule has 0 radical (unpaired) electrons. The smallest absolute Gasteiger partial charge is 0.316 e. The number of likely N-dealkylation sites (N-methyl/N-ethyl adjacent to an activating group) is 1.